The second-order valence-corrected chi connectivity index (χ2v) is 6.79. The molecule has 0 saturated carbocycles. The molecule has 4 aromatic rings. The maximum atomic E-state index is 12.1. The van der Waals surface area contributed by atoms with Crippen LogP contribution in [0.5, 0.6) is 0 Å². The van der Waals surface area contributed by atoms with Crippen LogP contribution in [0.25, 0.3) is 23.0 Å². The monoisotopic (exact) mass is 411 g/mol. The first-order chi connectivity index (χ1) is 14.2. The number of rotatable bonds is 8. The number of carbonyl (C=O) groups is 1. The molecule has 10 heteroatoms. The summed E-state index contributed by atoms with van der Waals surface area (Å²) in [6.07, 6.45) is 1.58. The first kappa shape index (κ1) is 18.9. The highest BCUT2D eigenvalue weighted by Crippen LogP contribution is 2.24. The average molecular weight is 411 g/mol. The lowest BCUT2D eigenvalue weighted by Gasteiger charge is -2.05. The highest BCUT2D eigenvalue weighted by molar-refractivity contribution is 7.99. The lowest BCUT2D eigenvalue weighted by atomic mass is 10.2. The zero-order chi connectivity index (χ0) is 20.1. The van der Waals surface area contributed by atoms with E-state index in [1.807, 2.05) is 47.9 Å². The Kier molecular flexibility index (Phi) is 5.71. The molecule has 29 heavy (non-hydrogen) atoms. The molecule has 0 aliphatic heterocycles. The molecule has 0 radical (unpaired) electrons. The number of hydrogen-bond acceptors (Lipinski definition) is 9. The molecular formula is C19H17N5O4S. The minimum atomic E-state index is -0.417. The van der Waals surface area contributed by atoms with Gasteiger partial charge in [0.25, 0.3) is 5.89 Å². The van der Waals surface area contributed by atoms with Gasteiger partial charge in [-0.2, -0.15) is 0 Å². The molecule has 0 aliphatic rings. The molecule has 0 N–H and O–H groups in total. The van der Waals surface area contributed by atoms with E-state index in [9.17, 15) is 4.79 Å². The summed E-state index contributed by atoms with van der Waals surface area (Å²) in [5.41, 5.74) is 0.805. The third-order valence-corrected chi connectivity index (χ3v) is 4.88. The van der Waals surface area contributed by atoms with Crippen molar-refractivity contribution in [1.82, 2.24) is 25.0 Å². The van der Waals surface area contributed by atoms with Gasteiger partial charge in [-0.3, -0.25) is 9.36 Å². The number of esters is 1. The van der Waals surface area contributed by atoms with Gasteiger partial charge in [0.15, 0.2) is 23.3 Å². The Hall–Kier alpha value is -3.40. The van der Waals surface area contributed by atoms with E-state index in [2.05, 4.69) is 20.4 Å². The van der Waals surface area contributed by atoms with Gasteiger partial charge in [0.1, 0.15) is 0 Å². The van der Waals surface area contributed by atoms with E-state index in [0.717, 1.165) is 5.56 Å². The number of carbonyl (C=O) groups excluding carboxylic acids is 1. The summed E-state index contributed by atoms with van der Waals surface area (Å²) < 4.78 is 18.0. The number of furan rings is 1. The number of aromatic nitrogens is 5. The van der Waals surface area contributed by atoms with E-state index >= 15 is 0 Å². The average Bonchev–Trinajstić information content (AvgIpc) is 3.51. The van der Waals surface area contributed by atoms with Crippen molar-refractivity contribution in [3.05, 3.63) is 54.6 Å². The van der Waals surface area contributed by atoms with Gasteiger partial charge in [-0.05, 0) is 31.2 Å². The Morgan fingerprint density at radius 2 is 1.97 bits per heavy atom. The smallest absolute Gasteiger partial charge is 0.316 e. The van der Waals surface area contributed by atoms with Gasteiger partial charge >= 0.3 is 5.97 Å². The molecule has 0 amide bonds. The lowest BCUT2D eigenvalue weighted by molar-refractivity contribution is -0.142. The third-order valence-electron chi connectivity index (χ3n) is 3.94. The van der Waals surface area contributed by atoms with Crippen LogP contribution in [0.4, 0.5) is 0 Å². The molecule has 9 nitrogen and oxygen atoms in total. The largest absolute Gasteiger partial charge is 0.461 e. The SMILES string of the molecule is CCn1c(SCC(=O)OCc2nnc(-c3ccccc3)o2)nnc1-c1ccco1. The quantitative estimate of drug-likeness (QED) is 0.318. The number of thioether (sulfide) groups is 1. The third kappa shape index (κ3) is 4.37. The second-order valence-electron chi connectivity index (χ2n) is 5.84. The number of benzene rings is 1. The van der Waals surface area contributed by atoms with Gasteiger partial charge < -0.3 is 13.6 Å². The highest BCUT2D eigenvalue weighted by atomic mass is 32.2. The predicted octanol–water partition coefficient (Wildman–Crippen LogP) is 3.44. The minimum absolute atomic E-state index is 0.0793. The van der Waals surface area contributed by atoms with Crippen molar-refractivity contribution in [2.24, 2.45) is 0 Å². The molecule has 0 fully saturated rings. The van der Waals surface area contributed by atoms with E-state index in [1.54, 1.807) is 12.3 Å². The number of nitrogens with zero attached hydrogens (tertiary/aromatic N) is 5. The maximum absolute atomic E-state index is 12.1. The van der Waals surface area contributed by atoms with Crippen LogP contribution in [0.2, 0.25) is 0 Å². The van der Waals surface area contributed by atoms with E-state index in [1.165, 1.54) is 11.8 Å². The van der Waals surface area contributed by atoms with Crippen LogP contribution in [0.3, 0.4) is 0 Å². The fourth-order valence-electron chi connectivity index (χ4n) is 2.59. The summed E-state index contributed by atoms with van der Waals surface area (Å²) in [7, 11) is 0. The van der Waals surface area contributed by atoms with Crippen molar-refractivity contribution in [1.29, 1.82) is 0 Å². The zero-order valence-corrected chi connectivity index (χ0v) is 16.3. The van der Waals surface area contributed by atoms with Crippen LogP contribution in [-0.2, 0) is 22.7 Å². The fraction of sp³-hybridized carbons (Fsp3) is 0.211. The van der Waals surface area contributed by atoms with Crippen LogP contribution in [-0.4, -0.2) is 36.7 Å². The molecule has 1 aromatic carbocycles. The Bertz CT molecular complexity index is 1080. The van der Waals surface area contributed by atoms with E-state index < -0.39 is 5.97 Å². The van der Waals surface area contributed by atoms with Gasteiger partial charge in [0, 0.05) is 12.1 Å². The molecule has 0 unspecified atom stereocenters. The standard InChI is InChI=1S/C19H17N5O4S/c1-2-24-17(14-9-6-10-26-14)21-23-19(24)29-12-16(25)27-11-15-20-22-18(28-15)13-7-4-3-5-8-13/h3-10H,2,11-12H2,1H3. The summed E-state index contributed by atoms with van der Waals surface area (Å²) in [6, 6.07) is 13.0. The van der Waals surface area contributed by atoms with Crippen molar-refractivity contribution >= 4 is 17.7 Å². The van der Waals surface area contributed by atoms with Crippen LogP contribution in [0, 0.1) is 0 Å². The molecule has 0 atom stereocenters. The van der Waals surface area contributed by atoms with E-state index in [-0.39, 0.29) is 18.3 Å². The molecule has 148 valence electrons. The molecule has 4 rings (SSSR count). The normalized spacial score (nSPS) is 10.9. The molecule has 0 bridgehead atoms. The molecule has 3 heterocycles. The summed E-state index contributed by atoms with van der Waals surface area (Å²) in [5, 5.41) is 16.8. The predicted molar refractivity (Wildman–Crippen MR) is 104 cm³/mol. The molecule has 3 aromatic heterocycles. The summed E-state index contributed by atoms with van der Waals surface area (Å²) in [5.74, 6) is 1.52. The topological polar surface area (TPSA) is 109 Å². The minimum Gasteiger partial charge on any atom is -0.461 e. The first-order valence-electron chi connectivity index (χ1n) is 8.88. The molecular weight excluding hydrogens is 394 g/mol. The number of hydrogen-bond donors (Lipinski definition) is 0. The van der Waals surface area contributed by atoms with Crippen LogP contribution < -0.4 is 0 Å². The summed E-state index contributed by atoms with van der Waals surface area (Å²) in [6.45, 7) is 2.53. The van der Waals surface area contributed by atoms with Crippen LogP contribution in [0.1, 0.15) is 12.8 Å². The highest BCUT2D eigenvalue weighted by Gasteiger charge is 2.17. The van der Waals surface area contributed by atoms with Crippen molar-refractivity contribution < 1.29 is 18.4 Å². The van der Waals surface area contributed by atoms with Gasteiger partial charge in [-0.25, -0.2) is 0 Å². The van der Waals surface area contributed by atoms with Crippen molar-refractivity contribution in [3.8, 4) is 23.0 Å². The van der Waals surface area contributed by atoms with Crippen LogP contribution in [0.15, 0.2) is 62.7 Å². The first-order valence-corrected chi connectivity index (χ1v) is 9.86. The lowest BCUT2D eigenvalue weighted by Crippen LogP contribution is -2.09. The Balaban J connectivity index is 1.32. The molecule has 0 spiro atoms. The van der Waals surface area contributed by atoms with E-state index in [0.29, 0.717) is 29.2 Å². The van der Waals surface area contributed by atoms with Gasteiger partial charge in [-0.15, -0.1) is 20.4 Å². The number of ether oxygens (including phenoxy) is 1. The Morgan fingerprint density at radius 1 is 1.10 bits per heavy atom. The molecule has 0 aliphatic carbocycles. The molecule has 0 saturated heterocycles. The van der Waals surface area contributed by atoms with Crippen molar-refractivity contribution in [2.45, 2.75) is 25.2 Å². The van der Waals surface area contributed by atoms with Gasteiger partial charge in [0.05, 0.1) is 12.0 Å². The Morgan fingerprint density at radius 3 is 2.72 bits per heavy atom. The second kappa shape index (κ2) is 8.74. The Labute approximate surface area is 170 Å². The van der Waals surface area contributed by atoms with Crippen molar-refractivity contribution in [3.63, 3.8) is 0 Å². The summed E-state index contributed by atoms with van der Waals surface area (Å²) in [4.78, 5) is 12.1. The van der Waals surface area contributed by atoms with Gasteiger partial charge in [-0.1, -0.05) is 30.0 Å². The van der Waals surface area contributed by atoms with Crippen LogP contribution >= 0.6 is 11.8 Å². The van der Waals surface area contributed by atoms with Crippen molar-refractivity contribution in [2.75, 3.05) is 5.75 Å². The van der Waals surface area contributed by atoms with E-state index in [4.69, 9.17) is 13.6 Å². The zero-order valence-electron chi connectivity index (χ0n) is 15.5. The summed E-state index contributed by atoms with van der Waals surface area (Å²) >= 11 is 1.24. The fourth-order valence-corrected chi connectivity index (χ4v) is 3.39. The maximum Gasteiger partial charge on any atom is 0.316 e. The van der Waals surface area contributed by atoms with Gasteiger partial charge in [0.2, 0.25) is 5.89 Å².